The van der Waals surface area contributed by atoms with Crippen molar-refractivity contribution in [2.24, 2.45) is 0 Å². The van der Waals surface area contributed by atoms with Crippen LogP contribution in [0.1, 0.15) is 0 Å². The summed E-state index contributed by atoms with van der Waals surface area (Å²) in [6.07, 6.45) is 0. The number of rotatable bonds is 6. The van der Waals surface area contributed by atoms with E-state index in [0.717, 1.165) is 0 Å². The van der Waals surface area contributed by atoms with Crippen LogP contribution in [-0.4, -0.2) is 40.6 Å². The van der Waals surface area contributed by atoms with Crippen LogP contribution in [0, 0.1) is 38.6 Å². The van der Waals surface area contributed by atoms with Crippen LogP contribution < -0.4 is 0 Å². The minimum absolute atomic E-state index is 0. The third-order valence-corrected chi connectivity index (χ3v) is 0.864. The van der Waals surface area contributed by atoms with Gasteiger partial charge in [-0.15, -0.1) is 0 Å². The minimum atomic E-state index is 0. The molecule has 4 heteroatoms. The second kappa shape index (κ2) is 12.8. The van der Waals surface area contributed by atoms with Crippen LogP contribution in [-0.2, 0) is 14.2 Å². The van der Waals surface area contributed by atoms with Gasteiger partial charge in [-0.1, -0.05) is 0 Å². The number of ether oxygens (including phenoxy) is 3. The number of hydrogen-bond acceptors (Lipinski definition) is 3. The third-order valence-electron chi connectivity index (χ3n) is 0.864. The molecule has 1 radical (unpaired) electrons. The molecular weight excluding hydrogens is 279 g/mol. The Morgan fingerprint density at radius 2 is 1.20 bits per heavy atom. The summed E-state index contributed by atoms with van der Waals surface area (Å²) in [5.41, 5.74) is 0. The number of hydrogen-bond donors (Lipinski definition) is 0. The van der Waals surface area contributed by atoms with E-state index >= 15 is 0 Å². The SMILES string of the molecule is COCCOCCOC.[Tb]. The molecule has 3 nitrogen and oxygen atoms in total. The Morgan fingerprint density at radius 1 is 0.800 bits per heavy atom. The first-order chi connectivity index (χ1) is 4.41. The summed E-state index contributed by atoms with van der Waals surface area (Å²) in [5.74, 6) is 0. The summed E-state index contributed by atoms with van der Waals surface area (Å²) < 4.78 is 14.6. The standard InChI is InChI=1S/C6H14O3.Tb/c1-7-3-5-9-6-4-8-2;/h3-6H2,1-2H3;. The predicted molar refractivity (Wildman–Crippen MR) is 34.6 cm³/mol. The smallest absolute Gasteiger partial charge is 0.0701 e. The van der Waals surface area contributed by atoms with Crippen molar-refractivity contribution in [3.05, 3.63) is 0 Å². The van der Waals surface area contributed by atoms with Gasteiger partial charge >= 0.3 is 0 Å². The zero-order chi connectivity index (χ0) is 6.95. The Balaban J connectivity index is 0. The quantitative estimate of drug-likeness (QED) is 0.659. The van der Waals surface area contributed by atoms with Crippen molar-refractivity contribution < 1.29 is 52.8 Å². The molecular formula is C6H14O3Tb. The van der Waals surface area contributed by atoms with Gasteiger partial charge in [0.05, 0.1) is 26.4 Å². The third kappa shape index (κ3) is 11.9. The molecule has 0 bridgehead atoms. The maximum Gasteiger partial charge on any atom is 0.0701 e. The summed E-state index contributed by atoms with van der Waals surface area (Å²) in [7, 11) is 3.30. The average Bonchev–Trinajstić information content (AvgIpc) is 1.89. The van der Waals surface area contributed by atoms with Gasteiger partial charge in [0.1, 0.15) is 0 Å². The first-order valence-electron chi connectivity index (χ1n) is 2.97. The Labute approximate surface area is 92.8 Å². The van der Waals surface area contributed by atoms with E-state index in [2.05, 4.69) is 0 Å². The summed E-state index contributed by atoms with van der Waals surface area (Å²) in [6.45, 7) is 2.62. The Hall–Kier alpha value is 1.17. The van der Waals surface area contributed by atoms with E-state index in [9.17, 15) is 0 Å². The van der Waals surface area contributed by atoms with Crippen LogP contribution in [0.2, 0.25) is 0 Å². The Morgan fingerprint density at radius 3 is 1.50 bits per heavy atom. The largest absolute Gasteiger partial charge is 0.382 e. The molecule has 0 aromatic rings. The minimum Gasteiger partial charge on any atom is -0.382 e. The molecule has 0 atom stereocenters. The molecule has 65 valence electrons. The van der Waals surface area contributed by atoms with E-state index in [1.54, 1.807) is 14.2 Å². The monoisotopic (exact) mass is 293 g/mol. The van der Waals surface area contributed by atoms with E-state index in [0.29, 0.717) is 26.4 Å². The average molecular weight is 293 g/mol. The first kappa shape index (κ1) is 13.7. The molecule has 0 rings (SSSR count). The van der Waals surface area contributed by atoms with Crippen molar-refractivity contribution in [3.8, 4) is 0 Å². The summed E-state index contributed by atoms with van der Waals surface area (Å²) in [5, 5.41) is 0. The summed E-state index contributed by atoms with van der Waals surface area (Å²) >= 11 is 0. The van der Waals surface area contributed by atoms with Gasteiger partial charge in [0.15, 0.2) is 0 Å². The van der Waals surface area contributed by atoms with Gasteiger partial charge in [-0.25, -0.2) is 0 Å². The van der Waals surface area contributed by atoms with Gasteiger partial charge in [0.2, 0.25) is 0 Å². The molecule has 0 unspecified atom stereocenters. The van der Waals surface area contributed by atoms with Gasteiger partial charge in [0, 0.05) is 52.8 Å². The van der Waals surface area contributed by atoms with Gasteiger partial charge in [-0.3, -0.25) is 0 Å². The summed E-state index contributed by atoms with van der Waals surface area (Å²) in [4.78, 5) is 0. The molecule has 0 aliphatic carbocycles. The van der Waals surface area contributed by atoms with Crippen LogP contribution in [0.25, 0.3) is 0 Å². The second-order valence-corrected chi connectivity index (χ2v) is 1.60. The molecule has 0 aromatic heterocycles. The van der Waals surface area contributed by atoms with Crippen LogP contribution in [0.15, 0.2) is 0 Å². The normalized spacial score (nSPS) is 9.00. The van der Waals surface area contributed by atoms with E-state index in [4.69, 9.17) is 14.2 Å². The fraction of sp³-hybridized carbons (Fsp3) is 1.00. The zero-order valence-corrected chi connectivity index (χ0v) is 8.53. The van der Waals surface area contributed by atoms with Crippen LogP contribution >= 0.6 is 0 Å². The Bertz CT molecular complexity index is 46.3. The van der Waals surface area contributed by atoms with Crippen molar-refractivity contribution in [3.63, 3.8) is 0 Å². The molecule has 0 amide bonds. The fourth-order valence-corrected chi connectivity index (χ4v) is 0.387. The van der Waals surface area contributed by atoms with Crippen LogP contribution in [0.4, 0.5) is 0 Å². The Kier molecular flexibility index (Phi) is 17.6. The zero-order valence-electron chi connectivity index (χ0n) is 6.39. The van der Waals surface area contributed by atoms with Gasteiger partial charge in [0.25, 0.3) is 0 Å². The van der Waals surface area contributed by atoms with Crippen LogP contribution in [0.3, 0.4) is 0 Å². The molecule has 0 saturated carbocycles. The van der Waals surface area contributed by atoms with Gasteiger partial charge in [-0.05, 0) is 0 Å². The maximum atomic E-state index is 5.06. The molecule has 0 N–H and O–H groups in total. The van der Waals surface area contributed by atoms with Crippen molar-refractivity contribution in [2.75, 3.05) is 40.6 Å². The molecule has 0 heterocycles. The van der Waals surface area contributed by atoms with E-state index in [-0.39, 0.29) is 38.6 Å². The van der Waals surface area contributed by atoms with Crippen molar-refractivity contribution in [2.45, 2.75) is 0 Å². The maximum absolute atomic E-state index is 5.06. The molecule has 0 aliphatic rings. The molecule has 10 heavy (non-hydrogen) atoms. The van der Waals surface area contributed by atoms with E-state index in [1.807, 2.05) is 0 Å². The van der Waals surface area contributed by atoms with E-state index < -0.39 is 0 Å². The molecule has 0 fully saturated rings. The topological polar surface area (TPSA) is 27.7 Å². The van der Waals surface area contributed by atoms with Gasteiger partial charge < -0.3 is 14.2 Å². The number of methoxy groups -OCH3 is 2. The second-order valence-electron chi connectivity index (χ2n) is 1.60. The predicted octanol–water partition coefficient (Wildman–Crippen LogP) is 0.296. The van der Waals surface area contributed by atoms with Gasteiger partial charge in [-0.2, -0.15) is 0 Å². The fourth-order valence-electron chi connectivity index (χ4n) is 0.387. The van der Waals surface area contributed by atoms with Crippen LogP contribution in [0.5, 0.6) is 0 Å². The molecule has 0 aromatic carbocycles. The summed E-state index contributed by atoms with van der Waals surface area (Å²) in [6, 6.07) is 0. The van der Waals surface area contributed by atoms with Crippen molar-refractivity contribution >= 4 is 0 Å². The van der Waals surface area contributed by atoms with E-state index in [1.165, 1.54) is 0 Å². The van der Waals surface area contributed by atoms with Crippen molar-refractivity contribution in [1.29, 1.82) is 0 Å². The molecule has 0 aliphatic heterocycles. The first-order valence-corrected chi connectivity index (χ1v) is 2.97. The molecule has 0 saturated heterocycles. The molecule has 0 spiro atoms. The van der Waals surface area contributed by atoms with Crippen molar-refractivity contribution in [1.82, 2.24) is 0 Å².